The molecule has 0 saturated heterocycles. The third-order valence-electron chi connectivity index (χ3n) is 4.87. The van der Waals surface area contributed by atoms with Gasteiger partial charge in [0, 0.05) is 17.8 Å². The lowest BCUT2D eigenvalue weighted by Crippen LogP contribution is -2.46. The van der Waals surface area contributed by atoms with Gasteiger partial charge in [0.05, 0.1) is 22.5 Å². The predicted octanol–water partition coefficient (Wildman–Crippen LogP) is 3.43. The van der Waals surface area contributed by atoms with Crippen molar-refractivity contribution in [3.8, 4) is 0 Å². The molecule has 0 spiro atoms. The molecule has 7 nitrogen and oxygen atoms in total. The van der Waals surface area contributed by atoms with E-state index in [1.807, 2.05) is 0 Å². The van der Waals surface area contributed by atoms with E-state index in [4.69, 9.17) is 11.6 Å². The van der Waals surface area contributed by atoms with Gasteiger partial charge >= 0.3 is 6.18 Å². The maximum absolute atomic E-state index is 13.3. The van der Waals surface area contributed by atoms with E-state index in [1.54, 1.807) is 5.32 Å². The molecule has 0 radical (unpaired) electrons. The van der Waals surface area contributed by atoms with Crippen molar-refractivity contribution in [1.82, 2.24) is 14.9 Å². The highest BCUT2D eigenvalue weighted by molar-refractivity contribution is 6.48. The molecule has 31 heavy (non-hydrogen) atoms. The topological polar surface area (TPSA) is 93.1 Å². The number of fused-ring (bicyclic) bond motifs is 1. The summed E-state index contributed by atoms with van der Waals surface area (Å²) >= 11 is 6.25. The standard InChI is InChI=1S/C19H17ClF4N4O3/c1-8-6-10(7-25-16(8)21)27-17(30)12-11-4-3-5-28(11)14(13(12)20)15(29)18(31)26-9(2)19(22,23)24/h6-7,9H,3-5H2,1-2H3,(H,26,31)(H,27,30)/t9-/m0/s1. The summed E-state index contributed by atoms with van der Waals surface area (Å²) in [6, 6.07) is -0.893. The quantitative estimate of drug-likeness (QED) is 0.309. The second kappa shape index (κ2) is 8.29. The number of Topliss-reactive ketones (excluding diaryl/α,β-unsaturated/α-hetero) is 1. The molecular weight excluding hydrogens is 444 g/mol. The SMILES string of the molecule is Cc1cc(NC(=O)c2c(Cl)c(C(=O)C(=O)N[C@@H](C)C(F)(F)F)n3c2CCC3)cnc1F. The number of nitrogens with zero attached hydrogens (tertiary/aromatic N) is 2. The van der Waals surface area contributed by atoms with E-state index in [0.29, 0.717) is 25.5 Å². The van der Waals surface area contributed by atoms with Crippen LogP contribution < -0.4 is 10.6 Å². The van der Waals surface area contributed by atoms with Crippen LogP contribution >= 0.6 is 11.6 Å². The fourth-order valence-corrected chi connectivity index (χ4v) is 3.65. The predicted molar refractivity (Wildman–Crippen MR) is 103 cm³/mol. The van der Waals surface area contributed by atoms with Crippen LogP contribution in [0.3, 0.4) is 0 Å². The minimum atomic E-state index is -4.73. The Kier molecular flexibility index (Phi) is 6.08. The summed E-state index contributed by atoms with van der Waals surface area (Å²) in [5.41, 5.74) is 0.343. The number of hydrogen-bond donors (Lipinski definition) is 2. The number of nitrogens with one attached hydrogen (secondary N) is 2. The number of anilines is 1. The Labute approximate surface area is 178 Å². The highest BCUT2D eigenvalue weighted by atomic mass is 35.5. The Balaban J connectivity index is 1.91. The first kappa shape index (κ1) is 22.7. The highest BCUT2D eigenvalue weighted by Crippen LogP contribution is 2.34. The maximum atomic E-state index is 13.3. The molecule has 0 unspecified atom stereocenters. The highest BCUT2D eigenvalue weighted by Gasteiger charge is 2.40. The zero-order valence-electron chi connectivity index (χ0n) is 16.4. The van der Waals surface area contributed by atoms with Crippen molar-refractivity contribution in [2.24, 2.45) is 0 Å². The number of carbonyl (C=O) groups excluding carboxylic acids is 3. The van der Waals surface area contributed by atoms with E-state index in [2.05, 4.69) is 10.3 Å². The molecule has 0 aromatic carbocycles. The monoisotopic (exact) mass is 460 g/mol. The van der Waals surface area contributed by atoms with Gasteiger partial charge in [-0.3, -0.25) is 14.4 Å². The normalized spacial score (nSPS) is 14.2. The van der Waals surface area contributed by atoms with Crippen molar-refractivity contribution in [2.45, 2.75) is 45.5 Å². The Hall–Kier alpha value is -2.95. The van der Waals surface area contributed by atoms with Crippen molar-refractivity contribution in [3.63, 3.8) is 0 Å². The van der Waals surface area contributed by atoms with E-state index in [-0.39, 0.29) is 34.1 Å². The average Bonchev–Trinajstić information content (AvgIpc) is 3.22. The first-order valence-electron chi connectivity index (χ1n) is 9.18. The van der Waals surface area contributed by atoms with E-state index in [0.717, 1.165) is 6.20 Å². The molecule has 2 amide bonds. The van der Waals surface area contributed by atoms with Gasteiger partial charge in [-0.2, -0.15) is 17.6 Å². The lowest BCUT2D eigenvalue weighted by Gasteiger charge is -2.16. The number of aromatic nitrogens is 2. The Morgan fingerprint density at radius 1 is 1.29 bits per heavy atom. The van der Waals surface area contributed by atoms with Gasteiger partial charge in [-0.15, -0.1) is 0 Å². The van der Waals surface area contributed by atoms with Crippen LogP contribution in [0.4, 0.5) is 23.2 Å². The van der Waals surface area contributed by atoms with Crippen LogP contribution in [0, 0.1) is 12.9 Å². The van der Waals surface area contributed by atoms with E-state index < -0.39 is 35.8 Å². The van der Waals surface area contributed by atoms with Gasteiger partial charge in [0.15, 0.2) is 0 Å². The summed E-state index contributed by atoms with van der Waals surface area (Å²) in [6.45, 7) is 2.42. The van der Waals surface area contributed by atoms with E-state index in [1.165, 1.54) is 17.6 Å². The fourth-order valence-electron chi connectivity index (χ4n) is 3.27. The van der Waals surface area contributed by atoms with Crippen LogP contribution in [0.5, 0.6) is 0 Å². The fraction of sp³-hybridized carbons (Fsp3) is 0.368. The third-order valence-corrected chi connectivity index (χ3v) is 5.23. The van der Waals surface area contributed by atoms with Crippen LogP contribution in [-0.4, -0.2) is 39.4 Å². The number of amides is 2. The van der Waals surface area contributed by atoms with Gasteiger partial charge in [0.1, 0.15) is 11.7 Å². The number of alkyl halides is 3. The van der Waals surface area contributed by atoms with Crippen molar-refractivity contribution in [1.29, 1.82) is 0 Å². The Bertz CT molecular complexity index is 1080. The second-order valence-electron chi connectivity index (χ2n) is 7.09. The molecule has 0 bridgehead atoms. The number of ketones is 1. The zero-order chi connectivity index (χ0) is 23.1. The molecular formula is C19H17ClF4N4O3. The number of halogens is 5. The van der Waals surface area contributed by atoms with E-state index >= 15 is 0 Å². The van der Waals surface area contributed by atoms with Gasteiger partial charge in [0.2, 0.25) is 5.95 Å². The largest absolute Gasteiger partial charge is 0.408 e. The summed E-state index contributed by atoms with van der Waals surface area (Å²) in [5.74, 6) is -4.17. The van der Waals surface area contributed by atoms with Crippen LogP contribution in [0.25, 0.3) is 0 Å². The van der Waals surface area contributed by atoms with Crippen molar-refractivity contribution in [3.05, 3.63) is 45.7 Å². The lowest BCUT2D eigenvalue weighted by atomic mass is 10.1. The van der Waals surface area contributed by atoms with Crippen LogP contribution in [0.1, 0.15) is 45.4 Å². The van der Waals surface area contributed by atoms with Crippen LogP contribution in [0.15, 0.2) is 12.3 Å². The van der Waals surface area contributed by atoms with Crippen LogP contribution in [0.2, 0.25) is 5.02 Å². The van der Waals surface area contributed by atoms with Crippen LogP contribution in [-0.2, 0) is 17.8 Å². The zero-order valence-corrected chi connectivity index (χ0v) is 17.1. The van der Waals surface area contributed by atoms with Gasteiger partial charge in [-0.05, 0) is 32.8 Å². The summed E-state index contributed by atoms with van der Waals surface area (Å²) in [4.78, 5) is 41.0. The molecule has 0 saturated carbocycles. The molecule has 166 valence electrons. The first-order chi connectivity index (χ1) is 14.4. The van der Waals surface area contributed by atoms with Gasteiger partial charge in [0.25, 0.3) is 17.6 Å². The van der Waals surface area contributed by atoms with E-state index in [9.17, 15) is 31.9 Å². The van der Waals surface area contributed by atoms with Gasteiger partial charge in [-0.1, -0.05) is 11.6 Å². The number of carbonyl (C=O) groups is 3. The maximum Gasteiger partial charge on any atom is 0.408 e. The molecule has 1 atom stereocenters. The Morgan fingerprint density at radius 3 is 2.58 bits per heavy atom. The summed E-state index contributed by atoms with van der Waals surface area (Å²) in [5, 5.41) is 3.77. The second-order valence-corrected chi connectivity index (χ2v) is 7.47. The molecule has 12 heteroatoms. The van der Waals surface area contributed by atoms with Crippen molar-refractivity contribution >= 4 is 34.9 Å². The molecule has 2 aromatic heterocycles. The molecule has 3 rings (SSSR count). The van der Waals surface area contributed by atoms with Gasteiger partial charge in [-0.25, -0.2) is 4.98 Å². The minimum absolute atomic E-state index is 0.0684. The minimum Gasteiger partial charge on any atom is -0.340 e. The van der Waals surface area contributed by atoms with Gasteiger partial charge < -0.3 is 15.2 Å². The number of hydrogen-bond acceptors (Lipinski definition) is 4. The smallest absolute Gasteiger partial charge is 0.340 e. The summed E-state index contributed by atoms with van der Waals surface area (Å²) in [6.07, 6.45) is -2.71. The molecule has 0 aliphatic carbocycles. The number of rotatable bonds is 5. The molecule has 0 fully saturated rings. The summed E-state index contributed by atoms with van der Waals surface area (Å²) < 4.78 is 52.8. The molecule has 2 N–H and O–H groups in total. The number of pyridine rings is 1. The molecule has 2 aromatic rings. The average molecular weight is 461 g/mol. The molecule has 1 aliphatic rings. The number of aryl methyl sites for hydroxylation is 1. The lowest BCUT2D eigenvalue weighted by molar-refractivity contribution is -0.156. The third kappa shape index (κ3) is 4.41. The Morgan fingerprint density at radius 2 is 1.97 bits per heavy atom. The molecule has 3 heterocycles. The summed E-state index contributed by atoms with van der Waals surface area (Å²) in [7, 11) is 0. The molecule has 1 aliphatic heterocycles. The van der Waals surface area contributed by atoms with Crippen molar-refractivity contribution in [2.75, 3.05) is 5.32 Å². The first-order valence-corrected chi connectivity index (χ1v) is 9.55. The van der Waals surface area contributed by atoms with Crippen molar-refractivity contribution < 1.29 is 31.9 Å².